The van der Waals surface area contributed by atoms with Gasteiger partial charge in [-0.15, -0.1) is 11.3 Å². The van der Waals surface area contributed by atoms with Crippen molar-refractivity contribution >= 4 is 33.2 Å². The van der Waals surface area contributed by atoms with Gasteiger partial charge in [0.1, 0.15) is 0 Å². The van der Waals surface area contributed by atoms with Crippen LogP contribution in [0.2, 0.25) is 0 Å². The van der Waals surface area contributed by atoms with Crippen LogP contribution in [-0.2, 0) is 17.2 Å². The first-order valence-electron chi connectivity index (χ1n) is 8.15. The molecule has 0 aliphatic heterocycles. The Kier molecular flexibility index (Phi) is 6.08. The molecule has 3 rings (SSSR count). The van der Waals surface area contributed by atoms with E-state index < -0.39 is 22.4 Å². The van der Waals surface area contributed by atoms with Crippen molar-refractivity contribution < 1.29 is 17.8 Å². The fourth-order valence-electron chi connectivity index (χ4n) is 2.47. The Balaban J connectivity index is 1.73. The standard InChI is InChI=1S/C19H16F2N2O2S2/c1-2-27(25)17-6-4-3-5-14(17)18(24)23-19-22-11-13(26-19)9-12-7-8-15(20)16(21)10-12/h3-8,10-11H,2,9H2,1H3,(H,22,23,24)/t27-/m0/s1. The van der Waals surface area contributed by atoms with Crippen LogP contribution in [0.1, 0.15) is 27.7 Å². The SMILES string of the molecule is CC[S@](=O)c1ccccc1C(=O)Nc1ncc(Cc2ccc(F)c(F)c2)s1. The lowest BCUT2D eigenvalue weighted by atomic mass is 10.1. The molecule has 0 unspecified atom stereocenters. The summed E-state index contributed by atoms with van der Waals surface area (Å²) >= 11 is 1.25. The number of amides is 1. The van der Waals surface area contributed by atoms with Gasteiger partial charge in [0, 0.05) is 23.2 Å². The number of benzene rings is 2. The third-order valence-corrected chi connectivity index (χ3v) is 6.06. The van der Waals surface area contributed by atoms with E-state index in [1.807, 2.05) is 0 Å². The topological polar surface area (TPSA) is 59.1 Å². The molecule has 0 spiro atoms. The number of carbonyl (C=O) groups is 1. The predicted octanol–water partition coefficient (Wildman–Crippen LogP) is 4.39. The van der Waals surface area contributed by atoms with Gasteiger partial charge in [-0.2, -0.15) is 0 Å². The molecule has 1 aromatic heterocycles. The molecule has 2 aromatic carbocycles. The summed E-state index contributed by atoms with van der Waals surface area (Å²) in [5, 5.41) is 3.09. The molecular formula is C19H16F2N2O2S2. The molecule has 0 saturated carbocycles. The summed E-state index contributed by atoms with van der Waals surface area (Å²) in [5.74, 6) is -1.76. The molecule has 1 heterocycles. The van der Waals surface area contributed by atoms with E-state index in [9.17, 15) is 17.8 Å². The Morgan fingerprint density at radius 1 is 1.19 bits per heavy atom. The smallest absolute Gasteiger partial charge is 0.258 e. The lowest BCUT2D eigenvalue weighted by Gasteiger charge is -2.07. The van der Waals surface area contributed by atoms with Crippen molar-refractivity contribution in [3.63, 3.8) is 0 Å². The summed E-state index contributed by atoms with van der Waals surface area (Å²) in [7, 11) is -1.25. The maximum Gasteiger partial charge on any atom is 0.258 e. The fraction of sp³-hybridized carbons (Fsp3) is 0.158. The summed E-state index contributed by atoms with van der Waals surface area (Å²) in [6, 6.07) is 10.5. The highest BCUT2D eigenvalue weighted by atomic mass is 32.2. The number of nitrogens with zero attached hydrogens (tertiary/aromatic N) is 1. The van der Waals surface area contributed by atoms with Crippen LogP contribution in [0.3, 0.4) is 0 Å². The van der Waals surface area contributed by atoms with Crippen molar-refractivity contribution in [2.75, 3.05) is 11.1 Å². The number of rotatable bonds is 6. The second-order valence-electron chi connectivity index (χ2n) is 5.64. The summed E-state index contributed by atoms with van der Waals surface area (Å²) in [5.41, 5.74) is 0.953. The Morgan fingerprint density at radius 3 is 2.70 bits per heavy atom. The minimum Gasteiger partial charge on any atom is -0.298 e. The van der Waals surface area contributed by atoms with Gasteiger partial charge < -0.3 is 0 Å². The normalized spacial score (nSPS) is 12.0. The lowest BCUT2D eigenvalue weighted by Crippen LogP contribution is -2.15. The molecule has 4 nitrogen and oxygen atoms in total. The summed E-state index contributed by atoms with van der Waals surface area (Å²) in [6.07, 6.45) is 1.96. The molecule has 0 bridgehead atoms. The third-order valence-electron chi connectivity index (χ3n) is 3.78. The zero-order valence-corrected chi connectivity index (χ0v) is 16.0. The molecule has 140 valence electrons. The number of halogens is 2. The molecule has 0 fully saturated rings. The monoisotopic (exact) mass is 406 g/mol. The van der Waals surface area contributed by atoms with E-state index in [4.69, 9.17) is 0 Å². The molecule has 0 aliphatic carbocycles. The molecule has 27 heavy (non-hydrogen) atoms. The zero-order chi connectivity index (χ0) is 19.4. The average molecular weight is 406 g/mol. The first-order chi connectivity index (χ1) is 13.0. The van der Waals surface area contributed by atoms with Gasteiger partial charge >= 0.3 is 0 Å². The van der Waals surface area contributed by atoms with E-state index in [0.717, 1.165) is 17.0 Å². The first kappa shape index (κ1) is 19.3. The van der Waals surface area contributed by atoms with Crippen molar-refractivity contribution in [1.29, 1.82) is 0 Å². The van der Waals surface area contributed by atoms with E-state index in [1.165, 1.54) is 17.4 Å². The zero-order valence-electron chi connectivity index (χ0n) is 14.4. The number of carbonyl (C=O) groups excluding carboxylic acids is 1. The minimum absolute atomic E-state index is 0.343. The minimum atomic E-state index is -1.25. The largest absolute Gasteiger partial charge is 0.298 e. The number of nitrogens with one attached hydrogen (secondary N) is 1. The Hall–Kier alpha value is -2.45. The number of aromatic nitrogens is 1. The molecular weight excluding hydrogens is 390 g/mol. The molecule has 1 N–H and O–H groups in total. The molecule has 0 aliphatic rings. The van der Waals surface area contributed by atoms with Crippen molar-refractivity contribution in [3.05, 3.63) is 76.3 Å². The van der Waals surface area contributed by atoms with Crippen molar-refractivity contribution in [1.82, 2.24) is 4.98 Å². The van der Waals surface area contributed by atoms with Gasteiger partial charge in [-0.25, -0.2) is 13.8 Å². The maximum absolute atomic E-state index is 13.3. The second kappa shape index (κ2) is 8.49. The van der Waals surface area contributed by atoms with Gasteiger partial charge in [-0.1, -0.05) is 25.1 Å². The molecule has 1 atom stereocenters. The number of thiazole rings is 1. The van der Waals surface area contributed by atoms with Crippen LogP contribution < -0.4 is 5.32 Å². The highest BCUT2D eigenvalue weighted by Crippen LogP contribution is 2.23. The Morgan fingerprint density at radius 2 is 1.96 bits per heavy atom. The van der Waals surface area contributed by atoms with E-state index in [0.29, 0.717) is 33.3 Å². The van der Waals surface area contributed by atoms with Gasteiger partial charge in [0.25, 0.3) is 5.91 Å². The van der Waals surface area contributed by atoms with Gasteiger partial charge in [-0.05, 0) is 29.8 Å². The summed E-state index contributed by atoms with van der Waals surface area (Å²) in [6.45, 7) is 1.79. The quantitative estimate of drug-likeness (QED) is 0.660. The van der Waals surface area contributed by atoms with E-state index >= 15 is 0 Å². The highest BCUT2D eigenvalue weighted by Gasteiger charge is 2.16. The number of hydrogen-bond acceptors (Lipinski definition) is 4. The molecule has 0 saturated heterocycles. The Labute approximate surface area is 161 Å². The third kappa shape index (κ3) is 4.64. The lowest BCUT2D eigenvalue weighted by molar-refractivity contribution is 0.102. The van der Waals surface area contributed by atoms with Gasteiger partial charge in [-0.3, -0.25) is 14.3 Å². The van der Waals surface area contributed by atoms with Crippen LogP contribution in [0.5, 0.6) is 0 Å². The first-order valence-corrected chi connectivity index (χ1v) is 10.3. The van der Waals surface area contributed by atoms with Crippen LogP contribution in [0.4, 0.5) is 13.9 Å². The van der Waals surface area contributed by atoms with Gasteiger partial charge in [0.05, 0.1) is 21.3 Å². The molecule has 1 amide bonds. The van der Waals surface area contributed by atoms with Gasteiger partial charge in [0.2, 0.25) is 0 Å². The second-order valence-corrected chi connectivity index (χ2v) is 8.46. The molecule has 3 aromatic rings. The van der Waals surface area contributed by atoms with Crippen LogP contribution in [0, 0.1) is 11.6 Å². The van der Waals surface area contributed by atoms with Crippen LogP contribution in [0.15, 0.2) is 53.6 Å². The molecule has 0 radical (unpaired) electrons. The van der Waals surface area contributed by atoms with Crippen LogP contribution >= 0.6 is 11.3 Å². The maximum atomic E-state index is 13.3. The van der Waals surface area contributed by atoms with E-state index in [-0.39, 0.29) is 5.91 Å². The number of anilines is 1. The van der Waals surface area contributed by atoms with E-state index in [1.54, 1.807) is 37.4 Å². The van der Waals surface area contributed by atoms with Crippen molar-refractivity contribution in [2.24, 2.45) is 0 Å². The summed E-state index contributed by atoms with van der Waals surface area (Å²) in [4.78, 5) is 18.0. The summed E-state index contributed by atoms with van der Waals surface area (Å²) < 4.78 is 38.4. The van der Waals surface area contributed by atoms with Crippen molar-refractivity contribution in [3.8, 4) is 0 Å². The number of hydrogen-bond donors (Lipinski definition) is 1. The van der Waals surface area contributed by atoms with Gasteiger partial charge in [0.15, 0.2) is 16.8 Å². The molecule has 8 heteroatoms. The van der Waals surface area contributed by atoms with Crippen molar-refractivity contribution in [2.45, 2.75) is 18.2 Å². The average Bonchev–Trinajstić information content (AvgIpc) is 3.10. The Bertz CT molecular complexity index is 1000. The highest BCUT2D eigenvalue weighted by molar-refractivity contribution is 7.85. The fourth-order valence-corrected chi connectivity index (χ4v) is 4.26. The van der Waals surface area contributed by atoms with Crippen LogP contribution in [-0.4, -0.2) is 20.9 Å². The van der Waals surface area contributed by atoms with Crippen LogP contribution in [0.25, 0.3) is 0 Å². The predicted molar refractivity (Wildman–Crippen MR) is 103 cm³/mol. The van der Waals surface area contributed by atoms with E-state index in [2.05, 4.69) is 10.3 Å².